The zero-order chi connectivity index (χ0) is 39.4. The summed E-state index contributed by atoms with van der Waals surface area (Å²) in [6, 6.07) is 7.24. The first-order chi connectivity index (χ1) is 26.0. The Morgan fingerprint density at radius 2 is 1.15 bits per heavy atom. The van der Waals surface area contributed by atoms with Crippen LogP contribution in [0.3, 0.4) is 0 Å². The van der Waals surface area contributed by atoms with Gasteiger partial charge in [-0.1, -0.05) is 36.8 Å². The van der Waals surface area contributed by atoms with Crippen molar-refractivity contribution in [2.24, 2.45) is 0 Å². The van der Waals surface area contributed by atoms with E-state index in [0.717, 1.165) is 18.4 Å². The molecule has 1 aliphatic carbocycles. The van der Waals surface area contributed by atoms with Crippen molar-refractivity contribution in [3.8, 4) is 0 Å². The number of ether oxygens (including phenoxy) is 3. The van der Waals surface area contributed by atoms with Crippen LogP contribution in [0.2, 0.25) is 0 Å². The zero-order valence-corrected chi connectivity index (χ0v) is 30.9. The number of benzene rings is 1. The highest BCUT2D eigenvalue weighted by Crippen LogP contribution is 2.22. The van der Waals surface area contributed by atoms with E-state index in [1.807, 2.05) is 30.3 Å². The Labute approximate surface area is 316 Å². The van der Waals surface area contributed by atoms with E-state index in [2.05, 4.69) is 26.6 Å². The van der Waals surface area contributed by atoms with E-state index < -0.39 is 35.8 Å². The van der Waals surface area contributed by atoms with E-state index in [1.54, 1.807) is 0 Å². The molecule has 2 atom stereocenters. The molecule has 5 amide bonds. The molecule has 7 N–H and O–H groups in total. The minimum Gasteiger partial charge on any atom is -0.480 e. The fourth-order valence-corrected chi connectivity index (χ4v) is 5.04. The number of carbonyl (C=O) groups is 7. The molecule has 0 saturated heterocycles. The second kappa shape index (κ2) is 27.9. The number of hydrogen-bond acceptors (Lipinski definition) is 10. The highest BCUT2D eigenvalue weighted by atomic mass is 16.5. The van der Waals surface area contributed by atoms with Crippen LogP contribution in [0.1, 0.15) is 82.6 Å². The molecule has 0 aliphatic heterocycles. The Bertz CT molecular complexity index is 1310. The van der Waals surface area contributed by atoms with Crippen molar-refractivity contribution in [2.75, 3.05) is 52.7 Å². The van der Waals surface area contributed by atoms with Gasteiger partial charge in [0.15, 0.2) is 0 Å². The highest BCUT2D eigenvalue weighted by molar-refractivity contribution is 5.85. The summed E-state index contributed by atoms with van der Waals surface area (Å²) in [6.45, 7) is 1.95. The third-order valence-electron chi connectivity index (χ3n) is 8.18. The molecule has 0 aromatic heterocycles. The van der Waals surface area contributed by atoms with Crippen LogP contribution in [-0.2, 0) is 54.2 Å². The van der Waals surface area contributed by atoms with Crippen LogP contribution in [0.4, 0.5) is 0 Å². The first kappa shape index (κ1) is 45.5. The quantitative estimate of drug-likeness (QED) is 0.0505. The predicted octanol–water partition coefficient (Wildman–Crippen LogP) is 0.830. The first-order valence-corrected chi connectivity index (χ1v) is 18.7. The second-order valence-corrected chi connectivity index (χ2v) is 12.9. The van der Waals surface area contributed by atoms with E-state index in [0.29, 0.717) is 57.9 Å². The molecule has 17 nitrogen and oxygen atoms in total. The van der Waals surface area contributed by atoms with Gasteiger partial charge < -0.3 is 51.0 Å². The first-order valence-electron chi connectivity index (χ1n) is 18.7. The molecule has 1 aromatic rings. The van der Waals surface area contributed by atoms with Crippen LogP contribution >= 0.6 is 0 Å². The number of nitrogens with one attached hydrogen (secondary N) is 5. The second-order valence-electron chi connectivity index (χ2n) is 12.9. The van der Waals surface area contributed by atoms with Crippen LogP contribution in [0.25, 0.3) is 0 Å². The van der Waals surface area contributed by atoms with Gasteiger partial charge in [0.2, 0.25) is 29.5 Å². The van der Waals surface area contributed by atoms with Crippen molar-refractivity contribution < 1.29 is 58.0 Å². The fraction of sp³-hybridized carbons (Fsp3) is 0.649. The Hall–Kier alpha value is -4.61. The van der Waals surface area contributed by atoms with E-state index in [4.69, 9.17) is 14.2 Å². The van der Waals surface area contributed by atoms with Gasteiger partial charge in [0.25, 0.3) is 0 Å². The smallest absolute Gasteiger partial charge is 0.326 e. The largest absolute Gasteiger partial charge is 0.480 e. The van der Waals surface area contributed by atoms with E-state index in [-0.39, 0.29) is 89.2 Å². The van der Waals surface area contributed by atoms with Gasteiger partial charge >= 0.3 is 11.9 Å². The number of aliphatic carboxylic acids is 2. The van der Waals surface area contributed by atoms with Gasteiger partial charge in [0.05, 0.1) is 32.5 Å². The fourth-order valence-electron chi connectivity index (χ4n) is 5.04. The van der Waals surface area contributed by atoms with Crippen molar-refractivity contribution >= 4 is 41.5 Å². The lowest BCUT2D eigenvalue weighted by Crippen LogP contribution is -2.41. The molecule has 0 unspecified atom stereocenters. The van der Waals surface area contributed by atoms with Crippen molar-refractivity contribution in [3.05, 3.63) is 35.9 Å². The Morgan fingerprint density at radius 1 is 0.593 bits per heavy atom. The van der Waals surface area contributed by atoms with Crippen LogP contribution in [-0.4, -0.2) is 123 Å². The molecule has 1 aliphatic rings. The summed E-state index contributed by atoms with van der Waals surface area (Å²) in [4.78, 5) is 83.7. The number of aryl methyl sites for hydroxylation is 1. The summed E-state index contributed by atoms with van der Waals surface area (Å²) >= 11 is 0. The molecular formula is C37H57N5O12. The molecule has 302 valence electrons. The Morgan fingerprint density at radius 3 is 1.76 bits per heavy atom. The monoisotopic (exact) mass is 763 g/mol. The number of carbonyl (C=O) groups excluding carboxylic acids is 5. The van der Waals surface area contributed by atoms with Crippen molar-refractivity contribution in [3.63, 3.8) is 0 Å². The van der Waals surface area contributed by atoms with E-state index >= 15 is 0 Å². The number of hydrogen-bond donors (Lipinski definition) is 7. The van der Waals surface area contributed by atoms with E-state index in [1.165, 1.54) is 0 Å². The summed E-state index contributed by atoms with van der Waals surface area (Å²) in [6.07, 6.45) is 5.23. The maximum atomic E-state index is 12.3. The van der Waals surface area contributed by atoms with Gasteiger partial charge in [0, 0.05) is 45.3 Å². The number of rotatable bonds is 32. The van der Waals surface area contributed by atoms with Gasteiger partial charge in [-0.15, -0.1) is 0 Å². The summed E-state index contributed by atoms with van der Waals surface area (Å²) in [5, 5.41) is 31.9. The van der Waals surface area contributed by atoms with Crippen molar-refractivity contribution in [1.82, 2.24) is 26.6 Å². The topological polar surface area (TPSA) is 248 Å². The molecule has 0 radical (unpaired) electrons. The molecular weight excluding hydrogens is 706 g/mol. The van der Waals surface area contributed by atoms with E-state index in [9.17, 15) is 43.8 Å². The number of carboxylic acids is 2. The normalized spacial score (nSPS) is 13.3. The van der Waals surface area contributed by atoms with Crippen molar-refractivity contribution in [1.29, 1.82) is 0 Å². The number of amides is 5. The summed E-state index contributed by atoms with van der Waals surface area (Å²) in [5.41, 5.74) is 1.09. The molecule has 0 heterocycles. The molecule has 1 aromatic carbocycles. The van der Waals surface area contributed by atoms with Gasteiger partial charge in [-0.05, 0) is 56.9 Å². The molecule has 1 saturated carbocycles. The highest BCUT2D eigenvalue weighted by Gasteiger charge is 2.23. The number of unbranched alkanes of at least 4 members (excludes halogenated alkanes) is 2. The molecule has 0 spiro atoms. The molecule has 54 heavy (non-hydrogen) atoms. The van der Waals surface area contributed by atoms with Crippen LogP contribution < -0.4 is 26.6 Å². The summed E-state index contributed by atoms with van der Waals surface area (Å²) in [5.74, 6) is -4.31. The van der Waals surface area contributed by atoms with Gasteiger partial charge in [-0.25, -0.2) is 9.59 Å². The van der Waals surface area contributed by atoms with Crippen LogP contribution in [0.15, 0.2) is 30.3 Å². The van der Waals surface area contributed by atoms with Crippen LogP contribution in [0.5, 0.6) is 0 Å². The maximum Gasteiger partial charge on any atom is 0.326 e. The lowest BCUT2D eigenvalue weighted by atomic mass is 10.1. The molecule has 17 heteroatoms. The van der Waals surface area contributed by atoms with Gasteiger partial charge in [-0.2, -0.15) is 0 Å². The predicted molar refractivity (Wildman–Crippen MR) is 195 cm³/mol. The lowest BCUT2D eigenvalue weighted by Gasteiger charge is -2.15. The van der Waals surface area contributed by atoms with Gasteiger partial charge in [0.1, 0.15) is 18.7 Å². The molecule has 1 fully saturated rings. The standard InChI is InChI=1S/C37H57N5O12/c43-31(17-15-30(37(50)51)42-34(46)12-7-10-27-8-3-1-4-9-27)38-19-6-2-5-11-33(45)41-29(36(48)49)16-18-32(44)39-20-22-52-24-25-53-26-35(47)40-21-23-54-28-13-14-28/h1,3-4,8-9,28-30H,2,5-7,10-26H2,(H,38,43)(H,39,44)(H,40,47)(H,41,45)(H,42,46)(H,48,49)(H,50,51)/t29-,30-/m0/s1. The third kappa shape index (κ3) is 23.9. The molecule has 0 bridgehead atoms. The Kier molecular flexibility index (Phi) is 23.5. The third-order valence-corrected chi connectivity index (χ3v) is 8.18. The molecule has 2 rings (SSSR count). The van der Waals surface area contributed by atoms with Crippen molar-refractivity contribution in [2.45, 2.75) is 102 Å². The minimum atomic E-state index is -1.25. The maximum absolute atomic E-state index is 12.3. The average Bonchev–Trinajstić information content (AvgIpc) is 3.97. The zero-order valence-electron chi connectivity index (χ0n) is 30.9. The number of carboxylic acid groups (broad SMARTS) is 2. The van der Waals surface area contributed by atoms with Crippen LogP contribution in [0, 0.1) is 0 Å². The average molecular weight is 764 g/mol. The summed E-state index contributed by atoms with van der Waals surface area (Å²) < 4.78 is 16.0. The lowest BCUT2D eigenvalue weighted by molar-refractivity contribution is -0.142. The SMILES string of the molecule is O=C(CC[C@H](NC(=O)CCCc1ccccc1)C(=O)O)NCCCCCC(=O)N[C@@H](CCC(=O)NCCOCCOCC(=O)NCCOC1CC1)C(=O)O. The minimum absolute atomic E-state index is 0.0523. The Balaban J connectivity index is 1.45. The summed E-state index contributed by atoms with van der Waals surface area (Å²) in [7, 11) is 0. The van der Waals surface area contributed by atoms with Gasteiger partial charge in [-0.3, -0.25) is 24.0 Å².